The van der Waals surface area contributed by atoms with E-state index in [0.29, 0.717) is 6.61 Å². The normalized spacial score (nSPS) is 13.1. The van der Waals surface area contributed by atoms with E-state index in [1.807, 2.05) is 0 Å². The number of carbonyl (C=O) groups excluding carboxylic acids is 3. The monoisotopic (exact) mass is 403 g/mol. The van der Waals surface area contributed by atoms with E-state index in [1.165, 1.54) is 76.0 Å². The number of imide groups is 1. The van der Waals surface area contributed by atoms with Gasteiger partial charge in [-0.1, -0.05) is 77.6 Å². The predicted molar refractivity (Wildman–Crippen MR) is 110 cm³/mol. The summed E-state index contributed by atoms with van der Waals surface area (Å²) in [7, 11) is 0. The van der Waals surface area contributed by atoms with Crippen molar-refractivity contribution in [2.45, 2.75) is 84.0 Å². The highest BCUT2D eigenvalue weighted by atomic mass is 16.5. The van der Waals surface area contributed by atoms with Gasteiger partial charge in [-0.05, 0) is 24.6 Å². The molecule has 0 saturated heterocycles. The third-order valence-corrected chi connectivity index (χ3v) is 5.33. The summed E-state index contributed by atoms with van der Waals surface area (Å²) in [6, 6.07) is 4.11. The van der Waals surface area contributed by atoms with Crippen molar-refractivity contribution in [1.82, 2.24) is 5.06 Å². The van der Waals surface area contributed by atoms with Gasteiger partial charge in [0.15, 0.2) is 0 Å². The van der Waals surface area contributed by atoms with Gasteiger partial charge >= 0.3 is 5.97 Å². The quantitative estimate of drug-likeness (QED) is 0.191. The predicted octanol–water partition coefficient (Wildman–Crippen LogP) is 5.53. The second kappa shape index (κ2) is 12.4. The van der Waals surface area contributed by atoms with Crippen molar-refractivity contribution in [3.8, 4) is 0 Å². The topological polar surface area (TPSA) is 83.9 Å². The number of esters is 1. The standard InChI is InChI=1S/C23H33NO5/c1-2-3-4-5-6-7-8-9-10-11-12-13-16-29-23(27)18-14-15-19-20(17-18)22(26)24(28)21(19)25/h14-15,17,28H,2-13,16H2,1H3. The molecule has 6 nitrogen and oxygen atoms in total. The van der Waals surface area contributed by atoms with Crippen molar-refractivity contribution >= 4 is 17.8 Å². The Kier molecular flexibility index (Phi) is 9.84. The van der Waals surface area contributed by atoms with Crippen LogP contribution in [0.4, 0.5) is 0 Å². The van der Waals surface area contributed by atoms with Crippen LogP contribution in [-0.2, 0) is 4.74 Å². The van der Waals surface area contributed by atoms with E-state index in [-0.39, 0.29) is 21.8 Å². The molecule has 1 aliphatic rings. The lowest BCUT2D eigenvalue weighted by Crippen LogP contribution is -2.25. The van der Waals surface area contributed by atoms with Gasteiger partial charge in [0.1, 0.15) is 0 Å². The fourth-order valence-corrected chi connectivity index (χ4v) is 3.55. The van der Waals surface area contributed by atoms with Gasteiger partial charge in [0, 0.05) is 0 Å². The molecule has 1 heterocycles. The molecule has 0 unspecified atom stereocenters. The Morgan fingerprint density at radius 1 is 0.828 bits per heavy atom. The summed E-state index contributed by atoms with van der Waals surface area (Å²) < 4.78 is 5.26. The summed E-state index contributed by atoms with van der Waals surface area (Å²) in [5, 5.41) is 9.43. The molecule has 0 radical (unpaired) electrons. The first-order valence-corrected chi connectivity index (χ1v) is 10.9. The number of hydroxylamine groups is 2. The summed E-state index contributed by atoms with van der Waals surface area (Å²) in [5.41, 5.74) is 0.325. The maximum Gasteiger partial charge on any atom is 0.338 e. The average Bonchev–Trinajstić information content (AvgIpc) is 2.95. The number of benzene rings is 1. The molecule has 0 aromatic heterocycles. The third-order valence-electron chi connectivity index (χ3n) is 5.33. The molecule has 0 aliphatic carbocycles. The second-order valence-electron chi connectivity index (χ2n) is 7.71. The minimum atomic E-state index is -0.819. The molecule has 0 atom stereocenters. The lowest BCUT2D eigenvalue weighted by Gasteiger charge is -2.06. The highest BCUT2D eigenvalue weighted by Gasteiger charge is 2.35. The number of carbonyl (C=O) groups is 3. The molecule has 0 bridgehead atoms. The molecule has 0 fully saturated rings. The van der Waals surface area contributed by atoms with Gasteiger partial charge in [-0.3, -0.25) is 14.8 Å². The van der Waals surface area contributed by atoms with Crippen molar-refractivity contribution in [3.05, 3.63) is 34.9 Å². The fourth-order valence-electron chi connectivity index (χ4n) is 3.55. The van der Waals surface area contributed by atoms with Crippen molar-refractivity contribution in [2.24, 2.45) is 0 Å². The van der Waals surface area contributed by atoms with Gasteiger partial charge in [0.05, 0.1) is 23.3 Å². The number of amides is 2. The van der Waals surface area contributed by atoms with Crippen LogP contribution in [0.3, 0.4) is 0 Å². The van der Waals surface area contributed by atoms with E-state index < -0.39 is 17.8 Å². The summed E-state index contributed by atoms with van der Waals surface area (Å²) in [5.74, 6) is -2.12. The Hall–Kier alpha value is -2.21. The van der Waals surface area contributed by atoms with Crippen molar-refractivity contribution in [3.63, 3.8) is 0 Å². The molecule has 1 N–H and O–H groups in total. The number of hydrogen-bond acceptors (Lipinski definition) is 5. The molecule has 0 spiro atoms. The molecule has 1 aliphatic heterocycles. The number of nitrogens with zero attached hydrogens (tertiary/aromatic N) is 1. The molecule has 0 saturated carbocycles. The van der Waals surface area contributed by atoms with Crippen molar-refractivity contribution in [2.75, 3.05) is 6.61 Å². The van der Waals surface area contributed by atoms with Crippen LogP contribution in [0.2, 0.25) is 0 Å². The van der Waals surface area contributed by atoms with Crippen LogP contribution in [0, 0.1) is 0 Å². The van der Waals surface area contributed by atoms with Gasteiger partial charge in [-0.2, -0.15) is 0 Å². The summed E-state index contributed by atoms with van der Waals surface area (Å²) in [4.78, 5) is 35.5. The highest BCUT2D eigenvalue weighted by molar-refractivity contribution is 6.20. The zero-order valence-electron chi connectivity index (χ0n) is 17.5. The van der Waals surface area contributed by atoms with Crippen LogP contribution < -0.4 is 0 Å². The Bertz CT molecular complexity index is 701. The van der Waals surface area contributed by atoms with Gasteiger partial charge < -0.3 is 4.74 Å². The van der Waals surface area contributed by atoms with E-state index >= 15 is 0 Å². The second-order valence-corrected chi connectivity index (χ2v) is 7.71. The van der Waals surface area contributed by atoms with Crippen molar-refractivity contribution in [1.29, 1.82) is 0 Å². The van der Waals surface area contributed by atoms with Crippen LogP contribution in [0.25, 0.3) is 0 Å². The van der Waals surface area contributed by atoms with Gasteiger partial charge in [0.25, 0.3) is 11.8 Å². The van der Waals surface area contributed by atoms with Gasteiger partial charge in [-0.15, -0.1) is 5.06 Å². The zero-order chi connectivity index (χ0) is 21.1. The average molecular weight is 404 g/mol. The largest absolute Gasteiger partial charge is 0.462 e. The first-order valence-electron chi connectivity index (χ1n) is 10.9. The van der Waals surface area contributed by atoms with E-state index in [9.17, 15) is 19.6 Å². The first kappa shape index (κ1) is 23.1. The molecule has 160 valence electrons. The Labute approximate surface area is 173 Å². The van der Waals surface area contributed by atoms with E-state index in [1.54, 1.807) is 0 Å². The van der Waals surface area contributed by atoms with Crippen molar-refractivity contribution < 1.29 is 24.3 Å². The smallest absolute Gasteiger partial charge is 0.338 e. The molecule has 1 aromatic rings. The minimum Gasteiger partial charge on any atom is -0.462 e. The minimum absolute atomic E-state index is 0.0253. The number of ether oxygens (including phenoxy) is 1. The fraction of sp³-hybridized carbons (Fsp3) is 0.609. The van der Waals surface area contributed by atoms with E-state index in [4.69, 9.17) is 4.74 Å². The highest BCUT2D eigenvalue weighted by Crippen LogP contribution is 2.23. The lowest BCUT2D eigenvalue weighted by molar-refractivity contribution is -0.0327. The molecule has 6 heteroatoms. The van der Waals surface area contributed by atoms with Crippen LogP contribution in [0.15, 0.2) is 18.2 Å². The van der Waals surface area contributed by atoms with E-state index in [0.717, 1.165) is 19.3 Å². The molecule has 2 amide bonds. The molecular formula is C23H33NO5. The van der Waals surface area contributed by atoms with Crippen LogP contribution in [-0.4, -0.2) is 34.7 Å². The first-order chi connectivity index (χ1) is 14.1. The Balaban J connectivity index is 1.54. The van der Waals surface area contributed by atoms with E-state index in [2.05, 4.69) is 6.92 Å². The maximum atomic E-state index is 12.1. The summed E-state index contributed by atoms with van der Waals surface area (Å²) in [6.07, 6.45) is 14.9. The molecular weight excluding hydrogens is 370 g/mol. The van der Waals surface area contributed by atoms with Crippen LogP contribution in [0.5, 0.6) is 0 Å². The lowest BCUT2D eigenvalue weighted by atomic mass is 10.1. The summed E-state index contributed by atoms with van der Waals surface area (Å²) in [6.45, 7) is 2.58. The molecule has 1 aromatic carbocycles. The number of unbranched alkanes of at least 4 members (excludes halogenated alkanes) is 11. The number of fused-ring (bicyclic) bond motifs is 1. The Morgan fingerprint density at radius 2 is 1.34 bits per heavy atom. The third kappa shape index (κ3) is 6.96. The zero-order valence-corrected chi connectivity index (χ0v) is 17.5. The van der Waals surface area contributed by atoms with Gasteiger partial charge in [0.2, 0.25) is 0 Å². The van der Waals surface area contributed by atoms with Crippen LogP contribution in [0.1, 0.15) is 115 Å². The number of hydrogen-bond donors (Lipinski definition) is 1. The van der Waals surface area contributed by atoms with Gasteiger partial charge in [-0.25, -0.2) is 4.79 Å². The summed E-state index contributed by atoms with van der Waals surface area (Å²) >= 11 is 0. The SMILES string of the molecule is CCCCCCCCCCCCCCOC(=O)c1ccc2c(c1)C(=O)N(O)C2=O. The Morgan fingerprint density at radius 3 is 1.93 bits per heavy atom. The molecule has 29 heavy (non-hydrogen) atoms. The molecule has 2 rings (SSSR count). The number of rotatable bonds is 14. The maximum absolute atomic E-state index is 12.1. The van der Waals surface area contributed by atoms with Crippen LogP contribution >= 0.6 is 0 Å².